The lowest BCUT2D eigenvalue weighted by Crippen LogP contribution is -2.30. The van der Waals surface area contributed by atoms with E-state index in [9.17, 15) is 8.42 Å². The third-order valence-electron chi connectivity index (χ3n) is 4.29. The number of benzene rings is 1. The molecule has 1 saturated carbocycles. The van der Waals surface area contributed by atoms with Crippen molar-refractivity contribution in [1.29, 1.82) is 0 Å². The van der Waals surface area contributed by atoms with E-state index in [1.165, 1.54) is 38.4 Å². The second-order valence-corrected chi connectivity index (χ2v) is 7.87. The Morgan fingerprint density at radius 2 is 1.75 bits per heavy atom. The molecule has 0 aromatic heterocycles. The van der Waals surface area contributed by atoms with E-state index < -0.39 is 9.84 Å². The van der Waals surface area contributed by atoms with Gasteiger partial charge in [0.25, 0.3) is 0 Å². The van der Waals surface area contributed by atoms with Crippen LogP contribution in [-0.2, 0) is 9.84 Å². The Hall–Kier alpha value is -1.03. The van der Waals surface area contributed by atoms with Crippen LogP contribution in [0.4, 0.5) is 5.69 Å². The normalized spacial score (nSPS) is 18.7. The molecule has 1 aromatic carbocycles. The number of rotatable bonds is 5. The standard InChI is InChI=1S/C16H25NO2S/c1-3-16(13-7-5-4-6-8-13)17-14-9-11-15(12-10-14)20(2,18)19/h9-13,16-17H,3-8H2,1-2H3. The summed E-state index contributed by atoms with van der Waals surface area (Å²) in [5, 5.41) is 3.58. The first-order valence-electron chi connectivity index (χ1n) is 7.57. The molecule has 1 atom stereocenters. The molecule has 1 fully saturated rings. The Morgan fingerprint density at radius 1 is 1.15 bits per heavy atom. The molecule has 112 valence electrons. The first kappa shape index (κ1) is 15.4. The molecule has 2 rings (SSSR count). The van der Waals surface area contributed by atoms with Crippen molar-refractivity contribution in [2.75, 3.05) is 11.6 Å². The molecule has 0 radical (unpaired) electrons. The minimum absolute atomic E-state index is 0.383. The minimum Gasteiger partial charge on any atom is -0.382 e. The van der Waals surface area contributed by atoms with Gasteiger partial charge in [0, 0.05) is 18.0 Å². The molecule has 1 aliphatic rings. The van der Waals surface area contributed by atoms with Gasteiger partial charge in [-0.3, -0.25) is 0 Å². The average Bonchev–Trinajstić information content (AvgIpc) is 2.45. The van der Waals surface area contributed by atoms with Gasteiger partial charge in [-0.15, -0.1) is 0 Å². The first-order chi connectivity index (χ1) is 9.50. The second-order valence-electron chi connectivity index (χ2n) is 5.85. The summed E-state index contributed by atoms with van der Waals surface area (Å²) in [5.74, 6) is 0.753. The fourth-order valence-corrected chi connectivity index (χ4v) is 3.73. The molecule has 1 unspecified atom stereocenters. The van der Waals surface area contributed by atoms with Crippen molar-refractivity contribution >= 4 is 15.5 Å². The van der Waals surface area contributed by atoms with Gasteiger partial charge < -0.3 is 5.32 Å². The van der Waals surface area contributed by atoms with Crippen molar-refractivity contribution in [3.63, 3.8) is 0 Å². The smallest absolute Gasteiger partial charge is 0.175 e. The molecule has 4 heteroatoms. The maximum atomic E-state index is 11.4. The summed E-state index contributed by atoms with van der Waals surface area (Å²) in [6, 6.07) is 7.62. The zero-order valence-electron chi connectivity index (χ0n) is 12.4. The largest absolute Gasteiger partial charge is 0.382 e. The van der Waals surface area contributed by atoms with Crippen molar-refractivity contribution < 1.29 is 8.42 Å². The van der Waals surface area contributed by atoms with Crippen LogP contribution in [0.2, 0.25) is 0 Å². The van der Waals surface area contributed by atoms with E-state index in [1.807, 2.05) is 12.1 Å². The molecule has 0 heterocycles. The highest BCUT2D eigenvalue weighted by atomic mass is 32.2. The zero-order chi connectivity index (χ0) is 14.6. The van der Waals surface area contributed by atoms with E-state index in [-0.39, 0.29) is 0 Å². The Morgan fingerprint density at radius 3 is 2.25 bits per heavy atom. The highest BCUT2D eigenvalue weighted by molar-refractivity contribution is 7.90. The molecule has 0 aliphatic heterocycles. The molecular formula is C16H25NO2S. The Labute approximate surface area is 122 Å². The molecule has 3 nitrogen and oxygen atoms in total. The van der Waals surface area contributed by atoms with Gasteiger partial charge in [0.05, 0.1) is 4.90 Å². The molecular weight excluding hydrogens is 270 g/mol. The van der Waals surface area contributed by atoms with E-state index >= 15 is 0 Å². The van der Waals surface area contributed by atoms with E-state index in [0.29, 0.717) is 10.9 Å². The molecule has 1 aliphatic carbocycles. The van der Waals surface area contributed by atoms with Crippen molar-refractivity contribution in [3.8, 4) is 0 Å². The SMILES string of the molecule is CCC(Nc1ccc(S(C)(=O)=O)cc1)C1CCCCC1. The summed E-state index contributed by atoms with van der Waals surface area (Å²) < 4.78 is 22.9. The fraction of sp³-hybridized carbons (Fsp3) is 0.625. The van der Waals surface area contributed by atoms with Crippen LogP contribution in [0.25, 0.3) is 0 Å². The van der Waals surface area contributed by atoms with Crippen LogP contribution in [0.15, 0.2) is 29.2 Å². The van der Waals surface area contributed by atoms with Gasteiger partial charge in [0.2, 0.25) is 0 Å². The Balaban J connectivity index is 2.04. The predicted octanol–water partition coefficient (Wildman–Crippen LogP) is 3.86. The summed E-state index contributed by atoms with van der Waals surface area (Å²) in [6.45, 7) is 2.22. The minimum atomic E-state index is -3.10. The van der Waals surface area contributed by atoms with Gasteiger partial charge in [-0.05, 0) is 49.4 Å². The molecule has 20 heavy (non-hydrogen) atoms. The summed E-state index contributed by atoms with van der Waals surface area (Å²) >= 11 is 0. The summed E-state index contributed by atoms with van der Waals surface area (Å²) in [7, 11) is -3.10. The number of anilines is 1. The lowest BCUT2D eigenvalue weighted by molar-refractivity contribution is 0.313. The Bertz CT molecular complexity index is 516. The monoisotopic (exact) mass is 295 g/mol. The van der Waals surface area contributed by atoms with Crippen LogP contribution < -0.4 is 5.32 Å². The lowest BCUT2D eigenvalue weighted by atomic mass is 9.83. The predicted molar refractivity (Wildman–Crippen MR) is 83.8 cm³/mol. The lowest BCUT2D eigenvalue weighted by Gasteiger charge is -2.31. The topological polar surface area (TPSA) is 46.2 Å². The maximum absolute atomic E-state index is 11.4. The van der Waals surface area contributed by atoms with E-state index in [1.54, 1.807) is 12.1 Å². The van der Waals surface area contributed by atoms with Crippen molar-refractivity contribution in [2.24, 2.45) is 5.92 Å². The third kappa shape index (κ3) is 3.98. The van der Waals surface area contributed by atoms with Crippen LogP contribution in [-0.4, -0.2) is 20.7 Å². The number of nitrogens with one attached hydrogen (secondary N) is 1. The summed E-state index contributed by atoms with van der Waals surface area (Å²) in [5.41, 5.74) is 1.02. The van der Waals surface area contributed by atoms with Crippen LogP contribution >= 0.6 is 0 Å². The van der Waals surface area contributed by atoms with Crippen LogP contribution in [0.1, 0.15) is 45.4 Å². The van der Waals surface area contributed by atoms with Crippen LogP contribution in [0.3, 0.4) is 0 Å². The molecule has 0 saturated heterocycles. The summed E-state index contributed by atoms with van der Waals surface area (Å²) in [6.07, 6.45) is 9.03. The zero-order valence-corrected chi connectivity index (χ0v) is 13.2. The molecule has 0 bridgehead atoms. The van der Waals surface area contributed by atoms with Crippen molar-refractivity contribution in [3.05, 3.63) is 24.3 Å². The second kappa shape index (κ2) is 6.61. The summed E-state index contributed by atoms with van der Waals surface area (Å²) in [4.78, 5) is 0.383. The average molecular weight is 295 g/mol. The van der Waals surface area contributed by atoms with Gasteiger partial charge in [-0.1, -0.05) is 26.2 Å². The van der Waals surface area contributed by atoms with Crippen molar-refractivity contribution in [2.45, 2.75) is 56.4 Å². The first-order valence-corrected chi connectivity index (χ1v) is 9.46. The van der Waals surface area contributed by atoms with Gasteiger partial charge in [0.15, 0.2) is 9.84 Å². The van der Waals surface area contributed by atoms with E-state index in [2.05, 4.69) is 12.2 Å². The maximum Gasteiger partial charge on any atom is 0.175 e. The fourth-order valence-electron chi connectivity index (χ4n) is 3.10. The van der Waals surface area contributed by atoms with Gasteiger partial charge in [0.1, 0.15) is 0 Å². The van der Waals surface area contributed by atoms with E-state index in [4.69, 9.17) is 0 Å². The van der Waals surface area contributed by atoms with Crippen LogP contribution in [0.5, 0.6) is 0 Å². The van der Waals surface area contributed by atoms with Gasteiger partial charge >= 0.3 is 0 Å². The van der Waals surface area contributed by atoms with Gasteiger partial charge in [-0.25, -0.2) is 8.42 Å². The number of sulfone groups is 1. The van der Waals surface area contributed by atoms with Crippen LogP contribution in [0, 0.1) is 5.92 Å². The molecule has 1 aromatic rings. The molecule has 0 spiro atoms. The van der Waals surface area contributed by atoms with Crippen molar-refractivity contribution in [1.82, 2.24) is 0 Å². The highest BCUT2D eigenvalue weighted by Crippen LogP contribution is 2.29. The molecule has 1 N–H and O–H groups in total. The highest BCUT2D eigenvalue weighted by Gasteiger charge is 2.22. The van der Waals surface area contributed by atoms with Gasteiger partial charge in [-0.2, -0.15) is 0 Å². The Kier molecular flexibility index (Phi) is 5.08. The quantitative estimate of drug-likeness (QED) is 0.897. The third-order valence-corrected chi connectivity index (χ3v) is 5.42. The number of hydrogen-bond donors (Lipinski definition) is 1. The number of hydrogen-bond acceptors (Lipinski definition) is 3. The molecule has 0 amide bonds. The van der Waals surface area contributed by atoms with E-state index in [0.717, 1.165) is 18.0 Å².